The molecule has 0 radical (unpaired) electrons. The third-order valence-electron chi connectivity index (χ3n) is 4.93. The molecule has 1 aromatic rings. The molecule has 2 heterocycles. The number of piperidine rings is 1. The molecule has 0 saturated carbocycles. The van der Waals surface area contributed by atoms with Crippen LogP contribution in [0.2, 0.25) is 5.02 Å². The average molecular weight is 352 g/mol. The van der Waals surface area contributed by atoms with Gasteiger partial charge in [0.05, 0.1) is 25.0 Å². The minimum Gasteiger partial charge on any atom is -0.346 e. The number of rotatable bonds is 3. The van der Waals surface area contributed by atoms with Crippen LogP contribution in [0.1, 0.15) is 30.9 Å². The lowest BCUT2D eigenvalue weighted by Gasteiger charge is -2.48. The fourth-order valence-corrected chi connectivity index (χ4v) is 4.34. The van der Waals surface area contributed by atoms with Crippen molar-refractivity contribution < 1.29 is 16.0 Å². The van der Waals surface area contributed by atoms with Crippen molar-refractivity contribution in [3.05, 3.63) is 46.2 Å². The van der Waals surface area contributed by atoms with Gasteiger partial charge in [0.25, 0.3) is 0 Å². The van der Waals surface area contributed by atoms with Gasteiger partial charge in [0.1, 0.15) is 11.9 Å². The fourth-order valence-electron chi connectivity index (χ4n) is 4.14. The number of carbonyl (C=O) groups is 1. The number of carbonyl (C=O) groups excluding carboxylic acids is 1. The number of fused-ring (bicyclic) bond motifs is 2. The van der Waals surface area contributed by atoms with E-state index in [4.69, 9.17) is 11.6 Å². The highest BCUT2D eigenvalue weighted by Gasteiger charge is 2.46. The van der Waals surface area contributed by atoms with Gasteiger partial charge in [0.2, 0.25) is 5.91 Å². The monoisotopic (exact) mass is 351 g/mol. The fraction of sp³-hybridized carbons (Fsp3) is 0.471. The van der Waals surface area contributed by atoms with Crippen LogP contribution in [0.4, 0.5) is 0 Å². The SMILES string of the molecule is C[NH2+]/C=C(\N[NH3+])[C@@H]1CC2(C[C@H](C)N1)NC(=O)Cc1cc(Cl)ccc12. The Morgan fingerprint density at radius 3 is 3.00 bits per heavy atom. The van der Waals surface area contributed by atoms with E-state index in [-0.39, 0.29) is 23.5 Å². The summed E-state index contributed by atoms with van der Waals surface area (Å²) in [5.74, 6) is 3.89. The van der Waals surface area contributed by atoms with Gasteiger partial charge in [-0.2, -0.15) is 0 Å². The van der Waals surface area contributed by atoms with Crippen LogP contribution in [0.3, 0.4) is 0 Å². The third-order valence-corrected chi connectivity index (χ3v) is 5.17. The van der Waals surface area contributed by atoms with E-state index in [1.807, 2.05) is 30.7 Å². The van der Waals surface area contributed by atoms with Crippen LogP contribution in [-0.4, -0.2) is 25.0 Å². The molecule has 0 aliphatic carbocycles. The van der Waals surface area contributed by atoms with E-state index in [2.05, 4.69) is 34.9 Å². The number of nitrogens with two attached hydrogens (primary N) is 1. The van der Waals surface area contributed by atoms with Crippen molar-refractivity contribution in [3.8, 4) is 0 Å². The first-order chi connectivity index (χ1) is 11.5. The van der Waals surface area contributed by atoms with Gasteiger partial charge in [0, 0.05) is 11.1 Å². The average Bonchev–Trinajstić information content (AvgIpc) is 2.51. The maximum absolute atomic E-state index is 12.4. The van der Waals surface area contributed by atoms with Crippen molar-refractivity contribution in [1.29, 1.82) is 0 Å². The van der Waals surface area contributed by atoms with E-state index >= 15 is 0 Å². The van der Waals surface area contributed by atoms with Gasteiger partial charge in [-0.05, 0) is 43.0 Å². The Balaban J connectivity index is 2.03. The van der Waals surface area contributed by atoms with Gasteiger partial charge in [-0.1, -0.05) is 17.7 Å². The first-order valence-electron chi connectivity index (χ1n) is 8.36. The second-order valence-electron chi connectivity index (χ2n) is 6.77. The molecule has 1 unspecified atom stereocenters. The second kappa shape index (κ2) is 6.72. The maximum atomic E-state index is 12.4. The summed E-state index contributed by atoms with van der Waals surface area (Å²) in [6.45, 7) is 2.15. The summed E-state index contributed by atoms with van der Waals surface area (Å²) in [6, 6.07) is 6.27. The normalized spacial score (nSPS) is 30.0. The summed E-state index contributed by atoms with van der Waals surface area (Å²) in [7, 11) is 1.99. The van der Waals surface area contributed by atoms with E-state index in [1.54, 1.807) is 0 Å². The van der Waals surface area contributed by atoms with Crippen LogP contribution in [0.15, 0.2) is 30.1 Å². The smallest absolute Gasteiger partial charge is 0.225 e. The zero-order chi connectivity index (χ0) is 17.3. The van der Waals surface area contributed by atoms with Crippen molar-refractivity contribution >= 4 is 17.5 Å². The van der Waals surface area contributed by atoms with Crippen molar-refractivity contribution in [3.63, 3.8) is 0 Å². The van der Waals surface area contributed by atoms with E-state index in [9.17, 15) is 4.79 Å². The van der Waals surface area contributed by atoms with Crippen molar-refractivity contribution in [1.82, 2.24) is 16.1 Å². The van der Waals surface area contributed by atoms with E-state index in [0.29, 0.717) is 11.4 Å². The summed E-state index contributed by atoms with van der Waals surface area (Å²) in [4.78, 5) is 12.4. The molecule has 0 bridgehead atoms. The van der Waals surface area contributed by atoms with E-state index in [0.717, 1.165) is 24.1 Å². The van der Waals surface area contributed by atoms with Crippen molar-refractivity contribution in [2.75, 3.05) is 7.05 Å². The summed E-state index contributed by atoms with van der Waals surface area (Å²) in [5.41, 5.74) is 5.93. The van der Waals surface area contributed by atoms with Gasteiger partial charge >= 0.3 is 0 Å². The summed E-state index contributed by atoms with van der Waals surface area (Å²) < 4.78 is 0. The van der Waals surface area contributed by atoms with Crippen molar-refractivity contribution in [2.45, 2.75) is 43.8 Å². The Hall–Kier alpha value is -1.60. The molecule has 130 valence electrons. The predicted molar refractivity (Wildman–Crippen MR) is 92.6 cm³/mol. The lowest BCUT2D eigenvalue weighted by atomic mass is 9.71. The number of halogens is 1. The topological polar surface area (TPSA) is 97.4 Å². The van der Waals surface area contributed by atoms with E-state index < -0.39 is 0 Å². The largest absolute Gasteiger partial charge is 0.346 e. The van der Waals surface area contributed by atoms with Gasteiger partial charge in [-0.3, -0.25) is 10.6 Å². The van der Waals surface area contributed by atoms with Crippen LogP contribution in [0, 0.1) is 0 Å². The van der Waals surface area contributed by atoms with Crippen LogP contribution in [-0.2, 0) is 16.8 Å². The number of amides is 1. The molecule has 8 N–H and O–H groups in total. The molecule has 2 aliphatic rings. The Labute approximate surface area is 147 Å². The predicted octanol–water partition coefficient (Wildman–Crippen LogP) is -0.871. The molecule has 1 saturated heterocycles. The standard InChI is InChI=1S/C17H24ClN5O/c1-10-7-17(8-14(21-10)15(23-19)9-20-2)13-4-3-12(18)5-11(13)6-16(24)22-17/h3-5,9-10,14,20-21,23H,6-8,19H2,1-2H3,(H,22,24)/p+2/b15-9-/t10-,14-,17?/m0/s1. The highest BCUT2D eigenvalue weighted by Crippen LogP contribution is 2.41. The number of hydrogen-bond donors (Lipinski definition) is 5. The molecule has 7 heteroatoms. The number of quaternary nitrogens is 2. The lowest BCUT2D eigenvalue weighted by Crippen LogP contribution is -2.76. The number of hydrogen-bond acceptors (Lipinski definition) is 3. The minimum absolute atomic E-state index is 0.0628. The first kappa shape index (κ1) is 17.2. The van der Waals surface area contributed by atoms with Gasteiger partial charge in [-0.15, -0.1) is 0 Å². The van der Waals surface area contributed by atoms with E-state index in [1.165, 1.54) is 5.56 Å². The highest BCUT2D eigenvalue weighted by molar-refractivity contribution is 6.30. The minimum atomic E-state index is -0.367. The number of nitrogens with one attached hydrogen (secondary N) is 3. The molecule has 0 aromatic heterocycles. The third kappa shape index (κ3) is 3.15. The maximum Gasteiger partial charge on any atom is 0.225 e. The van der Waals surface area contributed by atoms with Crippen LogP contribution >= 0.6 is 11.6 Å². The lowest BCUT2D eigenvalue weighted by molar-refractivity contribution is -0.559. The quantitative estimate of drug-likeness (QED) is 0.458. The number of benzene rings is 1. The molecule has 3 rings (SSSR count). The zero-order valence-electron chi connectivity index (χ0n) is 14.2. The van der Waals surface area contributed by atoms with Crippen LogP contribution < -0.4 is 27.2 Å². The first-order valence-corrected chi connectivity index (χ1v) is 8.74. The summed E-state index contributed by atoms with van der Waals surface area (Å²) >= 11 is 6.15. The molecule has 3 atom stereocenters. The zero-order valence-corrected chi connectivity index (χ0v) is 14.9. The Bertz CT molecular complexity index is 677. The summed E-state index contributed by atoms with van der Waals surface area (Å²) in [5, 5.41) is 9.57. The van der Waals surface area contributed by atoms with Crippen LogP contribution in [0.25, 0.3) is 0 Å². The molecule has 24 heavy (non-hydrogen) atoms. The summed E-state index contributed by atoms with van der Waals surface area (Å²) in [6.07, 6.45) is 4.05. The Kier molecular flexibility index (Phi) is 4.83. The molecule has 1 amide bonds. The molecule has 1 spiro atoms. The molecular weight excluding hydrogens is 326 g/mol. The molecule has 1 aromatic carbocycles. The van der Waals surface area contributed by atoms with Crippen LogP contribution in [0.5, 0.6) is 0 Å². The second-order valence-corrected chi connectivity index (χ2v) is 7.21. The molecule has 2 aliphatic heterocycles. The molecule has 6 nitrogen and oxygen atoms in total. The van der Waals surface area contributed by atoms with Gasteiger partial charge in [0.15, 0.2) is 0 Å². The molecule has 1 fully saturated rings. The Morgan fingerprint density at radius 2 is 2.29 bits per heavy atom. The Morgan fingerprint density at radius 1 is 1.50 bits per heavy atom. The molecular formula is C17H26ClN5O+2. The van der Waals surface area contributed by atoms with Crippen molar-refractivity contribution in [2.24, 2.45) is 0 Å². The van der Waals surface area contributed by atoms with Gasteiger partial charge in [-0.25, -0.2) is 5.43 Å². The highest BCUT2D eigenvalue weighted by atomic mass is 35.5. The van der Waals surface area contributed by atoms with Gasteiger partial charge < -0.3 is 16.0 Å².